The minimum absolute atomic E-state index is 0.0954. The van der Waals surface area contributed by atoms with Gasteiger partial charge in [0.05, 0.1) is 24.7 Å². The van der Waals surface area contributed by atoms with E-state index in [2.05, 4.69) is 5.32 Å². The van der Waals surface area contributed by atoms with Crippen LogP contribution in [0.4, 0.5) is 4.39 Å². The molecule has 1 N–H and O–H groups in total. The molecule has 7 heteroatoms. The summed E-state index contributed by atoms with van der Waals surface area (Å²) in [7, 11) is 1.61. The highest BCUT2D eigenvalue weighted by Gasteiger charge is 2.42. The average molecular weight is 492 g/mol. The van der Waals surface area contributed by atoms with Crippen LogP contribution in [0.25, 0.3) is 0 Å². The van der Waals surface area contributed by atoms with Crippen LogP contribution in [-0.4, -0.2) is 38.2 Å². The molecule has 1 aliphatic carbocycles. The quantitative estimate of drug-likeness (QED) is 0.579. The molecule has 1 fully saturated rings. The normalized spacial score (nSPS) is 23.9. The minimum atomic E-state index is -0.842. The van der Waals surface area contributed by atoms with Crippen LogP contribution in [-0.2, 0) is 19.1 Å². The summed E-state index contributed by atoms with van der Waals surface area (Å²) in [6, 6.07) is 14.0. The summed E-state index contributed by atoms with van der Waals surface area (Å²) in [4.78, 5) is 27.1. The SMILES string of the molecule is COc1ccccc1[C@H]1CC(=O)C2=C(C1)NC(C)=C(C(=O)OCC1CCCO1)[C@H]2c1ccccc1F. The summed E-state index contributed by atoms with van der Waals surface area (Å²) in [5.74, 6) is -1.35. The third-order valence-corrected chi connectivity index (χ3v) is 7.27. The van der Waals surface area contributed by atoms with Crippen molar-refractivity contribution in [3.63, 3.8) is 0 Å². The second kappa shape index (κ2) is 10.3. The number of benzene rings is 2. The van der Waals surface area contributed by atoms with E-state index in [1.165, 1.54) is 6.07 Å². The summed E-state index contributed by atoms with van der Waals surface area (Å²) in [6.45, 7) is 2.56. The highest BCUT2D eigenvalue weighted by Crippen LogP contribution is 2.47. The lowest BCUT2D eigenvalue weighted by molar-refractivity contribution is -0.142. The Bertz CT molecular complexity index is 1240. The summed E-state index contributed by atoms with van der Waals surface area (Å²) in [6.07, 6.45) is 2.41. The summed E-state index contributed by atoms with van der Waals surface area (Å²) < 4.78 is 31.9. The Kier molecular flexibility index (Phi) is 6.92. The summed E-state index contributed by atoms with van der Waals surface area (Å²) >= 11 is 0. The molecule has 2 aromatic rings. The topological polar surface area (TPSA) is 73.9 Å². The van der Waals surface area contributed by atoms with Crippen molar-refractivity contribution in [1.82, 2.24) is 5.32 Å². The highest BCUT2D eigenvalue weighted by atomic mass is 19.1. The van der Waals surface area contributed by atoms with Crippen molar-refractivity contribution in [2.24, 2.45) is 0 Å². The van der Waals surface area contributed by atoms with Gasteiger partial charge in [0.15, 0.2) is 5.78 Å². The Labute approximate surface area is 210 Å². The summed E-state index contributed by atoms with van der Waals surface area (Å²) in [5, 5.41) is 3.31. The zero-order valence-corrected chi connectivity index (χ0v) is 20.5. The predicted molar refractivity (Wildman–Crippen MR) is 132 cm³/mol. The molecule has 1 saturated heterocycles. The van der Waals surface area contributed by atoms with Crippen molar-refractivity contribution in [1.29, 1.82) is 0 Å². The molecule has 3 aliphatic rings. The molecule has 2 aliphatic heterocycles. The Balaban J connectivity index is 1.52. The number of rotatable bonds is 6. The zero-order valence-electron chi connectivity index (χ0n) is 20.5. The van der Waals surface area contributed by atoms with Gasteiger partial charge in [0.2, 0.25) is 0 Å². The molecule has 0 saturated carbocycles. The molecule has 0 bridgehead atoms. The van der Waals surface area contributed by atoms with Crippen molar-refractivity contribution < 1.29 is 28.2 Å². The summed E-state index contributed by atoms with van der Waals surface area (Å²) in [5.41, 5.74) is 3.21. The van der Waals surface area contributed by atoms with Crippen LogP contribution >= 0.6 is 0 Å². The van der Waals surface area contributed by atoms with E-state index in [1.807, 2.05) is 24.3 Å². The standard InChI is InChI=1S/C29H30FNO5/c1-17-26(29(33)36-16-19-8-7-13-35-19)27(21-10-3-5-11-22(21)30)28-23(31-17)14-18(15-24(28)32)20-9-4-6-12-25(20)34-2/h3-6,9-12,18-19,27,31H,7-8,13-16H2,1-2H3/t18-,19?,27-/m1/s1. The van der Waals surface area contributed by atoms with E-state index in [4.69, 9.17) is 14.2 Å². The molecule has 5 rings (SSSR count). The third kappa shape index (κ3) is 4.55. The number of allylic oxidation sites excluding steroid dienone is 3. The van der Waals surface area contributed by atoms with E-state index in [9.17, 15) is 9.59 Å². The first-order valence-corrected chi connectivity index (χ1v) is 12.4. The van der Waals surface area contributed by atoms with E-state index < -0.39 is 17.7 Å². The van der Waals surface area contributed by atoms with Crippen molar-refractivity contribution in [2.45, 2.75) is 50.5 Å². The van der Waals surface area contributed by atoms with E-state index in [0.29, 0.717) is 35.6 Å². The Morgan fingerprint density at radius 2 is 1.86 bits per heavy atom. The van der Waals surface area contributed by atoms with Crippen LogP contribution in [0.5, 0.6) is 5.75 Å². The number of ketones is 1. The smallest absolute Gasteiger partial charge is 0.336 e. The maximum atomic E-state index is 15.1. The van der Waals surface area contributed by atoms with E-state index in [1.54, 1.807) is 32.2 Å². The van der Waals surface area contributed by atoms with Gasteiger partial charge >= 0.3 is 5.97 Å². The first-order chi connectivity index (χ1) is 17.5. The van der Waals surface area contributed by atoms with Gasteiger partial charge in [0, 0.05) is 41.5 Å². The number of hydrogen-bond acceptors (Lipinski definition) is 6. The molecular formula is C29H30FNO5. The molecule has 0 radical (unpaired) electrons. The predicted octanol–water partition coefficient (Wildman–Crippen LogP) is 4.92. The highest BCUT2D eigenvalue weighted by molar-refractivity contribution is 6.04. The second-order valence-electron chi connectivity index (χ2n) is 9.51. The number of methoxy groups -OCH3 is 1. The van der Waals surface area contributed by atoms with Gasteiger partial charge in [-0.1, -0.05) is 36.4 Å². The largest absolute Gasteiger partial charge is 0.496 e. The first kappa shape index (κ1) is 24.3. The van der Waals surface area contributed by atoms with Crippen molar-refractivity contribution >= 4 is 11.8 Å². The molecule has 1 unspecified atom stereocenters. The molecule has 0 aromatic heterocycles. The molecule has 2 heterocycles. The van der Waals surface area contributed by atoms with Gasteiger partial charge in [0.25, 0.3) is 0 Å². The second-order valence-corrected chi connectivity index (χ2v) is 9.51. The Morgan fingerprint density at radius 3 is 2.58 bits per heavy atom. The fourth-order valence-corrected chi connectivity index (χ4v) is 5.58. The number of para-hydroxylation sites is 1. The number of carbonyl (C=O) groups excluding carboxylic acids is 2. The fourth-order valence-electron chi connectivity index (χ4n) is 5.58. The Morgan fingerprint density at radius 1 is 1.11 bits per heavy atom. The zero-order chi connectivity index (χ0) is 25.2. The van der Waals surface area contributed by atoms with Crippen LogP contribution in [0.3, 0.4) is 0 Å². The molecule has 3 atom stereocenters. The number of carbonyl (C=O) groups is 2. The van der Waals surface area contributed by atoms with Crippen LogP contribution in [0.1, 0.15) is 55.6 Å². The van der Waals surface area contributed by atoms with Crippen molar-refractivity contribution in [2.75, 3.05) is 20.3 Å². The number of halogens is 1. The van der Waals surface area contributed by atoms with Crippen LogP contribution in [0.2, 0.25) is 0 Å². The van der Waals surface area contributed by atoms with Crippen molar-refractivity contribution in [3.8, 4) is 5.75 Å². The van der Waals surface area contributed by atoms with E-state index in [-0.39, 0.29) is 36.4 Å². The number of ether oxygens (including phenoxy) is 3. The molecule has 36 heavy (non-hydrogen) atoms. The van der Waals surface area contributed by atoms with Gasteiger partial charge in [-0.05, 0) is 43.9 Å². The van der Waals surface area contributed by atoms with Gasteiger partial charge in [0.1, 0.15) is 18.2 Å². The van der Waals surface area contributed by atoms with Gasteiger partial charge in [-0.15, -0.1) is 0 Å². The maximum Gasteiger partial charge on any atom is 0.336 e. The monoisotopic (exact) mass is 491 g/mol. The third-order valence-electron chi connectivity index (χ3n) is 7.27. The number of nitrogens with one attached hydrogen (secondary N) is 1. The van der Waals surface area contributed by atoms with E-state index >= 15 is 4.39 Å². The lowest BCUT2D eigenvalue weighted by Gasteiger charge is -2.37. The number of Topliss-reactive ketones (excluding diaryl/α,β-unsaturated/α-hetero) is 1. The number of hydrogen-bond donors (Lipinski definition) is 1. The van der Waals surface area contributed by atoms with Gasteiger partial charge in [-0.25, -0.2) is 9.18 Å². The van der Waals surface area contributed by atoms with Gasteiger partial charge in [-0.3, -0.25) is 4.79 Å². The molecule has 188 valence electrons. The van der Waals surface area contributed by atoms with Crippen molar-refractivity contribution in [3.05, 3.63) is 88.0 Å². The minimum Gasteiger partial charge on any atom is -0.496 e. The molecule has 6 nitrogen and oxygen atoms in total. The van der Waals surface area contributed by atoms with Crippen LogP contribution in [0, 0.1) is 5.82 Å². The lowest BCUT2D eigenvalue weighted by atomic mass is 9.71. The fraction of sp³-hybridized carbons (Fsp3) is 0.379. The van der Waals surface area contributed by atoms with Crippen LogP contribution in [0.15, 0.2) is 71.1 Å². The Hall–Kier alpha value is -3.45. The maximum absolute atomic E-state index is 15.1. The van der Waals surface area contributed by atoms with Gasteiger partial charge in [-0.2, -0.15) is 0 Å². The van der Waals surface area contributed by atoms with Crippen LogP contribution < -0.4 is 10.1 Å². The molecule has 0 spiro atoms. The number of dihydropyridines is 1. The lowest BCUT2D eigenvalue weighted by Crippen LogP contribution is -2.36. The van der Waals surface area contributed by atoms with E-state index in [0.717, 1.165) is 24.2 Å². The molecular weight excluding hydrogens is 461 g/mol. The molecule has 2 aromatic carbocycles. The van der Waals surface area contributed by atoms with Gasteiger partial charge < -0.3 is 19.5 Å². The number of esters is 1. The first-order valence-electron chi connectivity index (χ1n) is 12.4. The average Bonchev–Trinajstić information content (AvgIpc) is 3.40. The molecule has 0 amide bonds.